The molecule has 0 radical (unpaired) electrons. The van der Waals surface area contributed by atoms with Crippen LogP contribution in [0.3, 0.4) is 0 Å². The van der Waals surface area contributed by atoms with Crippen molar-refractivity contribution in [3.63, 3.8) is 0 Å². The topological polar surface area (TPSA) is 114 Å². The first-order valence-corrected chi connectivity index (χ1v) is 34.8. The first kappa shape index (κ1) is 75.2. The molecule has 0 aliphatic heterocycles. The quantitative estimate of drug-likeness (QED) is 0.0212. The minimum absolute atomic E-state index is 0.0272. The van der Waals surface area contributed by atoms with Crippen LogP contribution in [0.4, 0.5) is 0 Å². The summed E-state index contributed by atoms with van der Waals surface area (Å²) in [6, 6.07) is -0.907. The lowest BCUT2D eigenvalue weighted by Gasteiger charge is -2.30. The second-order valence-corrected chi connectivity index (χ2v) is 25.4. The molecule has 0 aromatic rings. The lowest BCUT2D eigenvalue weighted by Crippen LogP contribution is -2.47. The summed E-state index contributed by atoms with van der Waals surface area (Å²) in [4.78, 5) is 40.0. The van der Waals surface area contributed by atoms with Gasteiger partial charge in [0.25, 0.3) is 7.82 Å². The molecule has 0 spiro atoms. The van der Waals surface area contributed by atoms with Gasteiger partial charge in [-0.2, -0.15) is 0 Å². The number of carbonyl (C=O) groups excluding carboxylic acids is 2. The average molecular weight is 1110 g/mol. The largest absolute Gasteiger partial charge is 0.756 e. The smallest absolute Gasteiger partial charge is 0.306 e. The number of phosphoric acid groups is 1. The Morgan fingerprint density at radius 3 is 1.19 bits per heavy atom. The maximum absolute atomic E-state index is 13.6. The average Bonchev–Trinajstić information content (AvgIpc) is 3.39. The zero-order chi connectivity index (χ0) is 56.4. The second kappa shape index (κ2) is 57.5. The second-order valence-electron chi connectivity index (χ2n) is 24.0. The molecule has 454 valence electrons. The van der Waals surface area contributed by atoms with E-state index < -0.39 is 32.5 Å². The van der Waals surface area contributed by atoms with Crippen LogP contribution in [0.1, 0.15) is 329 Å². The van der Waals surface area contributed by atoms with Crippen LogP contribution in [0.15, 0.2) is 36.5 Å². The van der Waals surface area contributed by atoms with Gasteiger partial charge in [0.1, 0.15) is 19.3 Å². The molecule has 0 rings (SSSR count). The number of amides is 1. The van der Waals surface area contributed by atoms with Crippen molar-refractivity contribution >= 4 is 19.7 Å². The molecule has 0 aliphatic carbocycles. The molecule has 0 fully saturated rings. The molecule has 1 amide bonds. The summed E-state index contributed by atoms with van der Waals surface area (Å²) in [5, 5.41) is 3.02. The van der Waals surface area contributed by atoms with E-state index in [9.17, 15) is 19.0 Å². The van der Waals surface area contributed by atoms with E-state index in [0.29, 0.717) is 23.9 Å². The summed E-state index contributed by atoms with van der Waals surface area (Å²) < 4.78 is 30.3. The van der Waals surface area contributed by atoms with Crippen molar-refractivity contribution in [3.05, 3.63) is 36.5 Å². The number of rotatable bonds is 61. The van der Waals surface area contributed by atoms with Gasteiger partial charge >= 0.3 is 5.97 Å². The number of hydrogen-bond donors (Lipinski definition) is 1. The predicted molar refractivity (Wildman–Crippen MR) is 330 cm³/mol. The monoisotopic (exact) mass is 1100 g/mol. The summed E-state index contributed by atoms with van der Waals surface area (Å²) in [6.07, 6.45) is 70.0. The van der Waals surface area contributed by atoms with Crippen LogP contribution in [-0.2, 0) is 27.9 Å². The number of allylic oxidation sites excluding steroid dienone is 5. The van der Waals surface area contributed by atoms with E-state index in [4.69, 9.17) is 13.8 Å². The molecule has 77 heavy (non-hydrogen) atoms. The fourth-order valence-electron chi connectivity index (χ4n) is 9.93. The summed E-state index contributed by atoms with van der Waals surface area (Å²) in [7, 11) is 1.17. The number of nitrogens with one attached hydrogen (secondary N) is 1. The van der Waals surface area contributed by atoms with Gasteiger partial charge in [0.05, 0.1) is 33.8 Å². The molecule has 0 aliphatic rings. The molecule has 3 unspecified atom stereocenters. The zero-order valence-corrected chi connectivity index (χ0v) is 52.8. The van der Waals surface area contributed by atoms with Crippen LogP contribution in [0, 0.1) is 0 Å². The van der Waals surface area contributed by atoms with Crippen molar-refractivity contribution in [1.29, 1.82) is 0 Å². The van der Waals surface area contributed by atoms with Gasteiger partial charge in [0.2, 0.25) is 5.91 Å². The first-order chi connectivity index (χ1) is 37.4. The van der Waals surface area contributed by atoms with Crippen molar-refractivity contribution in [2.24, 2.45) is 0 Å². The van der Waals surface area contributed by atoms with E-state index in [1.165, 1.54) is 238 Å². The highest BCUT2D eigenvalue weighted by molar-refractivity contribution is 7.45. The number of esters is 1. The van der Waals surface area contributed by atoms with E-state index in [0.717, 1.165) is 51.4 Å². The molecule has 0 saturated carbocycles. The van der Waals surface area contributed by atoms with E-state index in [1.54, 1.807) is 0 Å². The van der Waals surface area contributed by atoms with Crippen LogP contribution in [0.2, 0.25) is 0 Å². The fourth-order valence-corrected chi connectivity index (χ4v) is 10.7. The lowest BCUT2D eigenvalue weighted by atomic mass is 10.0. The Morgan fingerprint density at radius 2 is 0.805 bits per heavy atom. The number of nitrogens with zero attached hydrogens (tertiary/aromatic N) is 1. The van der Waals surface area contributed by atoms with Crippen molar-refractivity contribution in [3.8, 4) is 0 Å². The number of ether oxygens (including phenoxy) is 1. The minimum Gasteiger partial charge on any atom is -0.756 e. The molecule has 10 heteroatoms. The highest BCUT2D eigenvalue weighted by atomic mass is 31.2. The number of unbranched alkanes of at least 4 members (excludes halogenated alkanes) is 41. The molecule has 3 atom stereocenters. The van der Waals surface area contributed by atoms with Gasteiger partial charge < -0.3 is 28.5 Å². The summed E-state index contributed by atoms with van der Waals surface area (Å²) in [6.45, 7) is 6.84. The number of carbonyl (C=O) groups is 2. The first-order valence-electron chi connectivity index (χ1n) is 33.3. The maximum Gasteiger partial charge on any atom is 0.306 e. The van der Waals surface area contributed by atoms with E-state index in [1.807, 2.05) is 39.4 Å². The van der Waals surface area contributed by atoms with Crippen molar-refractivity contribution in [1.82, 2.24) is 5.32 Å². The molecule has 0 aromatic heterocycles. The molecule has 1 N–H and O–H groups in total. The van der Waals surface area contributed by atoms with Gasteiger partial charge in [-0.3, -0.25) is 14.2 Å². The van der Waals surface area contributed by atoms with Crippen LogP contribution in [-0.4, -0.2) is 69.4 Å². The minimum atomic E-state index is -4.71. The maximum atomic E-state index is 13.6. The molecule has 9 nitrogen and oxygen atoms in total. The molecule has 0 saturated heterocycles. The van der Waals surface area contributed by atoms with Gasteiger partial charge in [0, 0.05) is 12.8 Å². The Morgan fingerprint density at radius 1 is 0.455 bits per heavy atom. The molecule has 0 bridgehead atoms. The SMILES string of the molecule is CCCCCCCC/C=C\C/C=C/CCC(=O)OC(/C=C\CCCCCCCCCCCCC)C(COP(=O)([O-])OCC[N+](C)(C)C)NC(=O)CCCCCCCCCCCCCCCCCCCCCCCCCCC. The summed E-state index contributed by atoms with van der Waals surface area (Å²) in [5.41, 5.74) is 0. The van der Waals surface area contributed by atoms with Gasteiger partial charge in [-0.15, -0.1) is 0 Å². The normalized spacial score (nSPS) is 13.8. The highest BCUT2D eigenvalue weighted by Gasteiger charge is 2.27. The number of quaternary nitrogens is 1. The predicted octanol–water partition coefficient (Wildman–Crippen LogP) is 20.0. The Bertz CT molecular complexity index is 1410. The van der Waals surface area contributed by atoms with Crippen LogP contribution >= 0.6 is 7.82 Å². The van der Waals surface area contributed by atoms with E-state index in [2.05, 4.69) is 44.3 Å². The molecule has 0 heterocycles. The van der Waals surface area contributed by atoms with E-state index >= 15 is 0 Å². The third-order valence-corrected chi connectivity index (χ3v) is 16.1. The number of hydrogen-bond acceptors (Lipinski definition) is 7. The summed E-state index contributed by atoms with van der Waals surface area (Å²) in [5.74, 6) is -0.603. The third kappa shape index (κ3) is 58.7. The molecule has 0 aromatic carbocycles. The number of phosphoric ester groups is 1. The van der Waals surface area contributed by atoms with Crippen LogP contribution < -0.4 is 10.2 Å². The summed E-state index contributed by atoms with van der Waals surface area (Å²) >= 11 is 0. The van der Waals surface area contributed by atoms with Crippen LogP contribution in [0.25, 0.3) is 0 Å². The van der Waals surface area contributed by atoms with Gasteiger partial charge in [0.15, 0.2) is 0 Å². The number of likely N-dealkylation sites (N-methyl/N-ethyl adjacent to an activating group) is 1. The van der Waals surface area contributed by atoms with Gasteiger partial charge in [-0.05, 0) is 51.0 Å². The Kier molecular flexibility index (Phi) is 56.1. The van der Waals surface area contributed by atoms with Crippen molar-refractivity contribution in [2.45, 2.75) is 341 Å². The Labute approximate surface area is 478 Å². The van der Waals surface area contributed by atoms with Crippen LogP contribution in [0.5, 0.6) is 0 Å². The van der Waals surface area contributed by atoms with E-state index in [-0.39, 0.29) is 18.9 Å². The highest BCUT2D eigenvalue weighted by Crippen LogP contribution is 2.38. The van der Waals surface area contributed by atoms with Crippen molar-refractivity contribution < 1.29 is 37.3 Å². The zero-order valence-electron chi connectivity index (χ0n) is 51.9. The van der Waals surface area contributed by atoms with Gasteiger partial charge in [-0.25, -0.2) is 0 Å². The third-order valence-electron chi connectivity index (χ3n) is 15.1. The van der Waals surface area contributed by atoms with Gasteiger partial charge in [-0.1, -0.05) is 302 Å². The molecular formula is C67H129N2O7P. The molecular weight excluding hydrogens is 976 g/mol. The Balaban J connectivity index is 5.08. The fraction of sp³-hybridized carbons (Fsp3) is 0.881. The lowest BCUT2D eigenvalue weighted by molar-refractivity contribution is -0.870. The standard InChI is InChI=1S/C67H129N2O7P/c1-7-10-13-16-19-22-25-28-29-30-31-32-33-34-35-36-37-38-39-42-44-47-50-53-56-59-66(70)68-64(63-75-77(72,73)74-62-61-69(4,5)6)65(58-55-52-49-46-43-40-26-23-20-17-14-11-8-2)76-67(71)60-57-54-51-48-45-41-27-24-21-18-15-12-9-3/h41,45,51,54-55,58,64-65H,7-40,42-44,46-50,52-53,56-57,59-63H2,1-6H3,(H-,68,70,72,73)/b45-41-,54-51+,58-55-. The van der Waals surface area contributed by atoms with Crippen molar-refractivity contribution in [2.75, 3.05) is 40.9 Å². The Hall–Kier alpha value is -1.77.